The third-order valence-electron chi connectivity index (χ3n) is 4.11. The maximum atomic E-state index is 6.11. The molecule has 3 rings (SSSR count). The first-order chi connectivity index (χ1) is 9.25. The predicted molar refractivity (Wildman–Crippen MR) is 78.1 cm³/mol. The molecule has 2 heterocycles. The predicted octanol–water partition coefficient (Wildman–Crippen LogP) is 3.09. The fourth-order valence-corrected chi connectivity index (χ4v) is 3.02. The summed E-state index contributed by atoms with van der Waals surface area (Å²) in [5.74, 6) is 0.727. The maximum absolute atomic E-state index is 6.11. The number of ether oxygens (including phenoxy) is 1. The average Bonchev–Trinajstić information content (AvgIpc) is 2.83. The van der Waals surface area contributed by atoms with Crippen molar-refractivity contribution in [3.05, 3.63) is 36.0 Å². The second-order valence-electron chi connectivity index (χ2n) is 5.60. The Morgan fingerprint density at radius 2 is 2.11 bits per heavy atom. The van der Waals surface area contributed by atoms with Crippen molar-refractivity contribution in [2.45, 2.75) is 32.4 Å². The van der Waals surface area contributed by atoms with Crippen LogP contribution in [0, 0.1) is 5.92 Å². The molecule has 3 nitrogen and oxygen atoms in total. The van der Waals surface area contributed by atoms with Crippen LogP contribution >= 0.6 is 0 Å². The average molecular weight is 258 g/mol. The summed E-state index contributed by atoms with van der Waals surface area (Å²) < 4.78 is 7.82. The van der Waals surface area contributed by atoms with Crippen molar-refractivity contribution in [3.63, 3.8) is 0 Å². The number of nitrogens with two attached hydrogens (primary N) is 1. The van der Waals surface area contributed by atoms with Gasteiger partial charge >= 0.3 is 0 Å². The molecule has 1 atom stereocenters. The molecule has 0 aliphatic carbocycles. The van der Waals surface area contributed by atoms with Crippen LogP contribution in [0.2, 0.25) is 0 Å². The molecule has 0 amide bonds. The SMILES string of the molecule is CC(N)c1cccc2ccn(CC3CCOCC3)c12. The normalized spacial score (nSPS) is 18.8. The van der Waals surface area contributed by atoms with Gasteiger partial charge in [-0.05, 0) is 42.7 Å². The van der Waals surface area contributed by atoms with Gasteiger partial charge in [0.1, 0.15) is 0 Å². The van der Waals surface area contributed by atoms with Crippen LogP contribution in [0.3, 0.4) is 0 Å². The number of rotatable bonds is 3. The van der Waals surface area contributed by atoms with Gasteiger partial charge in [-0.2, -0.15) is 0 Å². The van der Waals surface area contributed by atoms with Crippen LogP contribution in [0.5, 0.6) is 0 Å². The summed E-state index contributed by atoms with van der Waals surface area (Å²) in [6, 6.07) is 8.68. The first-order valence-corrected chi connectivity index (χ1v) is 7.17. The van der Waals surface area contributed by atoms with E-state index in [1.807, 2.05) is 0 Å². The van der Waals surface area contributed by atoms with E-state index in [-0.39, 0.29) is 6.04 Å². The van der Waals surface area contributed by atoms with Gasteiger partial charge in [-0.15, -0.1) is 0 Å². The Hall–Kier alpha value is -1.32. The van der Waals surface area contributed by atoms with Gasteiger partial charge in [0.05, 0.1) is 5.52 Å². The van der Waals surface area contributed by atoms with Crippen molar-refractivity contribution in [1.29, 1.82) is 0 Å². The van der Waals surface area contributed by atoms with E-state index in [4.69, 9.17) is 10.5 Å². The molecule has 3 heteroatoms. The van der Waals surface area contributed by atoms with Gasteiger partial charge in [-0.1, -0.05) is 18.2 Å². The van der Waals surface area contributed by atoms with E-state index in [1.54, 1.807) is 0 Å². The zero-order valence-electron chi connectivity index (χ0n) is 11.5. The molecule has 1 aliphatic rings. The lowest BCUT2D eigenvalue weighted by atomic mass is 10.00. The van der Waals surface area contributed by atoms with Crippen molar-refractivity contribution in [1.82, 2.24) is 4.57 Å². The number of hydrogen-bond donors (Lipinski definition) is 1. The summed E-state index contributed by atoms with van der Waals surface area (Å²) in [4.78, 5) is 0. The Morgan fingerprint density at radius 3 is 2.84 bits per heavy atom. The molecule has 0 bridgehead atoms. The Balaban J connectivity index is 1.94. The highest BCUT2D eigenvalue weighted by atomic mass is 16.5. The quantitative estimate of drug-likeness (QED) is 0.919. The van der Waals surface area contributed by atoms with Crippen molar-refractivity contribution in [3.8, 4) is 0 Å². The van der Waals surface area contributed by atoms with E-state index < -0.39 is 0 Å². The Bertz CT molecular complexity index is 553. The molecule has 2 N–H and O–H groups in total. The number of benzene rings is 1. The first-order valence-electron chi connectivity index (χ1n) is 7.17. The summed E-state index contributed by atoms with van der Waals surface area (Å²) >= 11 is 0. The fraction of sp³-hybridized carbons (Fsp3) is 0.500. The third-order valence-corrected chi connectivity index (χ3v) is 4.11. The molecule has 0 saturated carbocycles. The highest BCUT2D eigenvalue weighted by Crippen LogP contribution is 2.26. The van der Waals surface area contributed by atoms with Gasteiger partial charge in [0.2, 0.25) is 0 Å². The summed E-state index contributed by atoms with van der Waals surface area (Å²) in [6.45, 7) is 4.95. The molecule has 0 radical (unpaired) electrons. The number of nitrogens with zero attached hydrogens (tertiary/aromatic N) is 1. The van der Waals surface area contributed by atoms with Crippen LogP contribution in [0.15, 0.2) is 30.5 Å². The monoisotopic (exact) mass is 258 g/mol. The molecule has 2 aromatic rings. The van der Waals surface area contributed by atoms with Gasteiger partial charge in [0.15, 0.2) is 0 Å². The van der Waals surface area contributed by atoms with Crippen LogP contribution in [-0.2, 0) is 11.3 Å². The second kappa shape index (κ2) is 5.35. The van der Waals surface area contributed by atoms with E-state index in [1.165, 1.54) is 29.3 Å². The molecular formula is C16H22N2O. The second-order valence-corrected chi connectivity index (χ2v) is 5.60. The Labute approximate surface area is 114 Å². The summed E-state index contributed by atoms with van der Waals surface area (Å²) in [6.07, 6.45) is 4.53. The summed E-state index contributed by atoms with van der Waals surface area (Å²) in [7, 11) is 0. The van der Waals surface area contributed by atoms with Crippen molar-refractivity contribution >= 4 is 10.9 Å². The molecule has 1 aromatic carbocycles. The number of para-hydroxylation sites is 1. The topological polar surface area (TPSA) is 40.2 Å². The number of hydrogen-bond acceptors (Lipinski definition) is 2. The standard InChI is InChI=1S/C16H22N2O/c1-12(17)15-4-2-3-14-5-8-18(16(14)15)11-13-6-9-19-10-7-13/h2-5,8,12-13H,6-7,9-11,17H2,1H3. The molecule has 1 fully saturated rings. The molecule has 1 aromatic heterocycles. The molecule has 19 heavy (non-hydrogen) atoms. The maximum Gasteiger partial charge on any atom is 0.0528 e. The Morgan fingerprint density at radius 1 is 1.32 bits per heavy atom. The fourth-order valence-electron chi connectivity index (χ4n) is 3.02. The van der Waals surface area contributed by atoms with Crippen LogP contribution in [0.25, 0.3) is 10.9 Å². The van der Waals surface area contributed by atoms with E-state index in [2.05, 4.69) is 42.0 Å². The van der Waals surface area contributed by atoms with Gasteiger partial charge in [0, 0.05) is 32.0 Å². The van der Waals surface area contributed by atoms with Gasteiger partial charge in [0.25, 0.3) is 0 Å². The largest absolute Gasteiger partial charge is 0.381 e. The van der Waals surface area contributed by atoms with Crippen LogP contribution in [0.4, 0.5) is 0 Å². The number of fused-ring (bicyclic) bond motifs is 1. The summed E-state index contributed by atoms with van der Waals surface area (Å²) in [5, 5.41) is 1.29. The zero-order valence-corrected chi connectivity index (χ0v) is 11.5. The van der Waals surface area contributed by atoms with Crippen LogP contribution in [0.1, 0.15) is 31.4 Å². The van der Waals surface area contributed by atoms with Crippen molar-refractivity contribution in [2.24, 2.45) is 11.7 Å². The smallest absolute Gasteiger partial charge is 0.0528 e. The Kier molecular flexibility index (Phi) is 3.58. The van der Waals surface area contributed by atoms with E-state index in [9.17, 15) is 0 Å². The third kappa shape index (κ3) is 2.53. The zero-order chi connectivity index (χ0) is 13.2. The van der Waals surface area contributed by atoms with Gasteiger partial charge in [-0.25, -0.2) is 0 Å². The lowest BCUT2D eigenvalue weighted by Gasteiger charge is -2.23. The molecule has 1 saturated heterocycles. The minimum atomic E-state index is 0.0760. The molecule has 102 valence electrons. The van der Waals surface area contributed by atoms with Crippen molar-refractivity contribution < 1.29 is 4.74 Å². The van der Waals surface area contributed by atoms with E-state index in [0.29, 0.717) is 0 Å². The van der Waals surface area contributed by atoms with Crippen LogP contribution < -0.4 is 5.73 Å². The lowest BCUT2D eigenvalue weighted by Crippen LogP contribution is -2.20. The number of aromatic nitrogens is 1. The highest BCUT2D eigenvalue weighted by Gasteiger charge is 2.16. The van der Waals surface area contributed by atoms with E-state index >= 15 is 0 Å². The van der Waals surface area contributed by atoms with Gasteiger partial charge in [-0.3, -0.25) is 0 Å². The van der Waals surface area contributed by atoms with Gasteiger partial charge < -0.3 is 15.0 Å². The van der Waals surface area contributed by atoms with E-state index in [0.717, 1.165) is 25.7 Å². The minimum Gasteiger partial charge on any atom is -0.381 e. The molecule has 1 unspecified atom stereocenters. The lowest BCUT2D eigenvalue weighted by molar-refractivity contribution is 0.0616. The molecule has 1 aliphatic heterocycles. The highest BCUT2D eigenvalue weighted by molar-refractivity contribution is 5.83. The first kappa shape index (κ1) is 12.7. The summed E-state index contributed by atoms with van der Waals surface area (Å²) in [5.41, 5.74) is 8.66. The minimum absolute atomic E-state index is 0.0760. The van der Waals surface area contributed by atoms with Crippen molar-refractivity contribution in [2.75, 3.05) is 13.2 Å². The molecular weight excluding hydrogens is 236 g/mol. The molecule has 0 spiro atoms. The van der Waals surface area contributed by atoms with Crippen LogP contribution in [-0.4, -0.2) is 17.8 Å².